The van der Waals surface area contributed by atoms with Gasteiger partial charge in [-0.3, -0.25) is 49.2 Å². The Morgan fingerprint density at radius 3 is 1.53 bits per heavy atom. The first-order valence-electron chi connectivity index (χ1n) is 17.2. The summed E-state index contributed by atoms with van der Waals surface area (Å²) in [6.45, 7) is 11.2. The van der Waals surface area contributed by atoms with E-state index in [2.05, 4.69) is 5.32 Å². The van der Waals surface area contributed by atoms with E-state index in [0.717, 1.165) is 15.9 Å². The number of ketones is 2. The van der Waals surface area contributed by atoms with E-state index in [4.69, 9.17) is 10.5 Å². The predicted molar refractivity (Wildman–Crippen MR) is 189 cm³/mol. The molecule has 5 N–H and O–H groups in total. The molecule has 0 saturated carbocycles. The van der Waals surface area contributed by atoms with Gasteiger partial charge in [-0.15, -0.1) is 0 Å². The van der Waals surface area contributed by atoms with Crippen molar-refractivity contribution in [2.45, 2.75) is 91.1 Å². The van der Waals surface area contributed by atoms with E-state index in [1.54, 1.807) is 54.5 Å². The summed E-state index contributed by atoms with van der Waals surface area (Å²) in [6.07, 6.45) is -1.86. The third kappa shape index (κ3) is 10.8. The highest BCUT2D eigenvalue weighted by Crippen LogP contribution is 2.26. The Hall–Kier alpha value is -5.91. The largest absolute Gasteiger partial charge is 0.444 e. The van der Waals surface area contributed by atoms with Gasteiger partial charge in [-0.05, 0) is 60.6 Å². The highest BCUT2D eigenvalue weighted by molar-refractivity contribution is 6.27. The minimum absolute atomic E-state index is 0.0119. The summed E-state index contributed by atoms with van der Waals surface area (Å²) in [7, 11) is 0. The normalized spacial score (nSPS) is 18.6. The van der Waals surface area contributed by atoms with E-state index in [-0.39, 0.29) is 11.1 Å². The zero-order chi connectivity index (χ0) is 41.5. The maximum Gasteiger partial charge on any atom is 0.408 e. The number of rotatable bonds is 11. The van der Waals surface area contributed by atoms with Gasteiger partial charge in [0.2, 0.25) is 11.8 Å². The maximum absolute atomic E-state index is 14.4. The van der Waals surface area contributed by atoms with Gasteiger partial charge in [0.15, 0.2) is 23.4 Å². The van der Waals surface area contributed by atoms with E-state index in [9.17, 15) is 51.9 Å². The summed E-state index contributed by atoms with van der Waals surface area (Å²) in [4.78, 5) is 112. The molecule has 2 aromatic carbocycles. The number of nitrogens with zero attached hydrogens (tertiary/aromatic N) is 2. The summed E-state index contributed by atoms with van der Waals surface area (Å²) >= 11 is 0. The number of alkyl carbamates (subject to hydrolysis) is 1. The molecule has 0 spiro atoms. The lowest BCUT2D eigenvalue weighted by Gasteiger charge is -2.32. The van der Waals surface area contributed by atoms with Crippen molar-refractivity contribution in [1.29, 1.82) is 0 Å². The molecule has 16 nitrogen and oxygen atoms in total. The van der Waals surface area contributed by atoms with Crippen LogP contribution in [0.1, 0.15) is 84.5 Å². The van der Waals surface area contributed by atoms with Crippen LogP contribution in [0.3, 0.4) is 0 Å². The lowest BCUT2D eigenvalue weighted by Crippen LogP contribution is -2.61. The molecule has 2 aliphatic rings. The van der Waals surface area contributed by atoms with Crippen molar-refractivity contribution in [2.24, 2.45) is 17.6 Å². The van der Waals surface area contributed by atoms with E-state index >= 15 is 0 Å². The van der Waals surface area contributed by atoms with Gasteiger partial charge in [-0.1, -0.05) is 36.4 Å². The number of ether oxygens (including phenoxy) is 1. The Balaban J connectivity index is 0.000000305. The fraction of sp³-hybridized carbons (Fsp3) is 0.432. The number of benzene rings is 2. The molecule has 55 heavy (non-hydrogen) atoms. The standard InChI is InChI=1S/C21H26FN3O6.C16H18FN3O4/c1-11(2)25-18(28)16(17(27)24-19(25)29)15(26)10-14(12-8-6-7-9-13(12)22)23-20(30)31-21(3,4)5;1-8(2)20-15(23)13(14(22)19-16(20)24)12(21)7-11(18)9-5-3-4-6-10(9)17/h6-9,11,14,16H,10H2,1-5H3,(H,23,30)(H,24,27,29);3-6,8,11,13H,7,18H2,1-2H3,(H,19,22,24)/t14-,16?;11-,13?/m11/s1. The number of carbonyl (C=O) groups excluding carboxylic acids is 9. The number of hydrogen-bond acceptors (Lipinski definition) is 11. The van der Waals surface area contributed by atoms with Gasteiger partial charge in [0.25, 0.3) is 11.8 Å². The Labute approximate surface area is 315 Å². The van der Waals surface area contributed by atoms with E-state index < -0.39 is 119 Å². The molecule has 4 atom stereocenters. The van der Waals surface area contributed by atoms with Crippen molar-refractivity contribution in [3.8, 4) is 0 Å². The summed E-state index contributed by atoms with van der Waals surface area (Å²) < 4.78 is 33.3. The topological polar surface area (TPSA) is 231 Å². The first kappa shape index (κ1) is 43.5. The number of hydrogen-bond donors (Lipinski definition) is 4. The van der Waals surface area contributed by atoms with Crippen LogP contribution in [0.2, 0.25) is 0 Å². The molecule has 18 heteroatoms. The first-order chi connectivity index (χ1) is 25.5. The van der Waals surface area contributed by atoms with Crippen molar-refractivity contribution in [3.05, 3.63) is 71.3 Å². The molecule has 0 bridgehead atoms. The van der Waals surface area contributed by atoms with Gasteiger partial charge in [-0.25, -0.2) is 23.2 Å². The van der Waals surface area contributed by atoms with Gasteiger partial charge in [0, 0.05) is 42.1 Å². The van der Waals surface area contributed by atoms with Crippen LogP contribution >= 0.6 is 0 Å². The van der Waals surface area contributed by atoms with Crippen molar-refractivity contribution in [1.82, 2.24) is 25.8 Å². The average molecular weight is 771 g/mol. The Kier molecular flexibility index (Phi) is 14.2. The lowest BCUT2D eigenvalue weighted by molar-refractivity contribution is -0.151. The lowest BCUT2D eigenvalue weighted by atomic mass is 9.91. The van der Waals surface area contributed by atoms with E-state index in [1.807, 2.05) is 10.6 Å². The highest BCUT2D eigenvalue weighted by Gasteiger charge is 2.47. The number of barbiturate groups is 2. The van der Waals surface area contributed by atoms with Crippen LogP contribution in [0, 0.1) is 23.5 Å². The minimum Gasteiger partial charge on any atom is -0.444 e. The Bertz CT molecular complexity index is 1880. The Morgan fingerprint density at radius 2 is 1.13 bits per heavy atom. The maximum atomic E-state index is 14.4. The summed E-state index contributed by atoms with van der Waals surface area (Å²) in [6, 6.07) is 6.11. The molecule has 2 fully saturated rings. The third-order valence-corrected chi connectivity index (χ3v) is 8.17. The molecule has 2 unspecified atom stereocenters. The summed E-state index contributed by atoms with van der Waals surface area (Å²) in [5.74, 6) is -10.2. The number of nitrogens with one attached hydrogen (secondary N) is 3. The van der Waals surface area contributed by atoms with Crippen LogP contribution in [0.15, 0.2) is 48.5 Å². The zero-order valence-electron chi connectivity index (χ0n) is 31.3. The molecule has 0 radical (unpaired) electrons. The zero-order valence-corrected chi connectivity index (χ0v) is 31.3. The molecule has 9 amide bonds. The number of carbonyl (C=O) groups is 9. The van der Waals surface area contributed by atoms with Crippen LogP contribution in [0.4, 0.5) is 23.2 Å². The van der Waals surface area contributed by atoms with Gasteiger partial charge >= 0.3 is 18.2 Å². The van der Waals surface area contributed by atoms with Gasteiger partial charge in [0.1, 0.15) is 17.2 Å². The molecule has 4 rings (SSSR count). The molecule has 2 aliphatic heterocycles. The molecule has 296 valence electrons. The summed E-state index contributed by atoms with van der Waals surface area (Å²) in [5, 5.41) is 6.40. The smallest absolute Gasteiger partial charge is 0.408 e. The van der Waals surface area contributed by atoms with Crippen molar-refractivity contribution >= 4 is 53.4 Å². The molecule has 2 heterocycles. The fourth-order valence-corrected chi connectivity index (χ4v) is 5.71. The average Bonchev–Trinajstić information content (AvgIpc) is 3.03. The number of halogens is 2. The second-order valence-corrected chi connectivity index (χ2v) is 14.2. The van der Waals surface area contributed by atoms with Crippen LogP contribution in [0.25, 0.3) is 0 Å². The van der Waals surface area contributed by atoms with Gasteiger partial charge in [-0.2, -0.15) is 0 Å². The van der Waals surface area contributed by atoms with E-state index in [1.165, 1.54) is 36.4 Å². The number of Topliss-reactive ketones (excluding diaryl/α,β-unsaturated/α-hetero) is 2. The predicted octanol–water partition coefficient (Wildman–Crippen LogP) is 3.34. The quantitative estimate of drug-likeness (QED) is 0.242. The number of imide groups is 4. The number of urea groups is 2. The first-order valence-corrected chi connectivity index (χ1v) is 17.2. The third-order valence-electron chi connectivity index (χ3n) is 8.17. The number of nitrogens with two attached hydrogens (primary N) is 1. The van der Waals surface area contributed by atoms with Gasteiger partial charge in [0.05, 0.1) is 6.04 Å². The minimum atomic E-state index is -1.78. The van der Waals surface area contributed by atoms with Crippen LogP contribution in [-0.2, 0) is 33.5 Å². The fourth-order valence-electron chi connectivity index (χ4n) is 5.71. The SMILES string of the molecule is CC(C)N1C(=O)NC(=O)C(C(=O)C[C@@H](N)c2ccccc2F)C1=O.CC(C)N1C(=O)NC(=O)C(C(=O)C[C@@H](NC(=O)OC(C)(C)C)c2ccccc2F)C1=O. The van der Waals surface area contributed by atoms with Crippen LogP contribution in [0.5, 0.6) is 0 Å². The molecule has 2 saturated heterocycles. The van der Waals surface area contributed by atoms with Crippen molar-refractivity contribution < 1.29 is 56.7 Å². The second kappa shape index (κ2) is 17.9. The molecular weight excluding hydrogens is 726 g/mol. The summed E-state index contributed by atoms with van der Waals surface area (Å²) in [5.41, 5.74) is 5.09. The molecular formula is C37H44F2N6O10. The van der Waals surface area contributed by atoms with Crippen molar-refractivity contribution in [3.63, 3.8) is 0 Å². The molecule has 0 aliphatic carbocycles. The van der Waals surface area contributed by atoms with Crippen LogP contribution < -0.4 is 21.7 Å². The molecule has 0 aromatic heterocycles. The van der Waals surface area contributed by atoms with Gasteiger partial charge < -0.3 is 15.8 Å². The Morgan fingerprint density at radius 1 is 0.727 bits per heavy atom. The molecule has 2 aromatic rings. The van der Waals surface area contributed by atoms with Crippen molar-refractivity contribution in [2.75, 3.05) is 0 Å². The monoisotopic (exact) mass is 770 g/mol. The van der Waals surface area contributed by atoms with Crippen LogP contribution in [-0.4, -0.2) is 80.8 Å². The second-order valence-electron chi connectivity index (χ2n) is 14.2. The highest BCUT2D eigenvalue weighted by atomic mass is 19.1. The number of amides is 9. The van der Waals surface area contributed by atoms with E-state index in [0.29, 0.717) is 0 Å².